The lowest BCUT2D eigenvalue weighted by molar-refractivity contribution is -0.0467. The van der Waals surface area contributed by atoms with Gasteiger partial charge in [-0.2, -0.15) is 4.39 Å². The maximum absolute atomic E-state index is 14.3. The van der Waals surface area contributed by atoms with Crippen LogP contribution in [-0.2, 0) is 9.47 Å². The summed E-state index contributed by atoms with van der Waals surface area (Å²) in [5.41, 5.74) is -0.304. The number of fused-ring (bicyclic) bond motifs is 1. The van der Waals surface area contributed by atoms with Crippen molar-refractivity contribution >= 4 is 16.8 Å². The third-order valence-electron chi connectivity index (χ3n) is 4.02. The van der Waals surface area contributed by atoms with Gasteiger partial charge in [0.2, 0.25) is 11.4 Å². The number of halogens is 2. The van der Waals surface area contributed by atoms with Crippen LogP contribution in [0.3, 0.4) is 0 Å². The maximum Gasteiger partial charge on any atom is 0.207 e. The summed E-state index contributed by atoms with van der Waals surface area (Å²) in [6.07, 6.45) is 1.69. The summed E-state index contributed by atoms with van der Waals surface area (Å²) in [5, 5.41) is 16.5. The lowest BCUT2D eigenvalue weighted by Crippen LogP contribution is -2.23. The topological polar surface area (TPSA) is 76.8 Å². The summed E-state index contributed by atoms with van der Waals surface area (Å²) < 4.78 is 43.9. The summed E-state index contributed by atoms with van der Waals surface area (Å²) >= 11 is 0. The van der Waals surface area contributed by atoms with E-state index in [-0.39, 0.29) is 35.0 Å². The number of nitrogens with zero attached hydrogens (tertiary/aromatic N) is 1. The Balaban J connectivity index is 1.94. The van der Waals surface area contributed by atoms with Gasteiger partial charge in [0.05, 0.1) is 31.2 Å². The third kappa shape index (κ3) is 3.22. The van der Waals surface area contributed by atoms with Crippen molar-refractivity contribution in [3.05, 3.63) is 23.3 Å². The van der Waals surface area contributed by atoms with Crippen LogP contribution in [0.4, 0.5) is 14.6 Å². The summed E-state index contributed by atoms with van der Waals surface area (Å²) in [7, 11) is 0. The molecule has 2 N–H and O–H groups in total. The van der Waals surface area contributed by atoms with Gasteiger partial charge in [-0.25, -0.2) is 4.39 Å². The molecule has 24 heavy (non-hydrogen) atoms. The van der Waals surface area contributed by atoms with Crippen LogP contribution in [0.15, 0.2) is 10.6 Å². The average molecular weight is 342 g/mol. The molecule has 0 aliphatic carbocycles. The van der Waals surface area contributed by atoms with E-state index >= 15 is 0 Å². The molecule has 132 valence electrons. The number of hydrogen-bond donors (Lipinski definition) is 2. The predicted molar refractivity (Wildman–Crippen MR) is 82.6 cm³/mol. The minimum atomic E-state index is -1.13. The van der Waals surface area contributed by atoms with Gasteiger partial charge in [-0.3, -0.25) is 0 Å². The first kappa shape index (κ1) is 17.1. The van der Waals surface area contributed by atoms with Crippen LogP contribution in [0.5, 0.6) is 0 Å². The Kier molecular flexibility index (Phi) is 5.27. The van der Waals surface area contributed by atoms with Gasteiger partial charge in [0.1, 0.15) is 0 Å². The van der Waals surface area contributed by atoms with Crippen molar-refractivity contribution in [3.8, 4) is 0 Å². The first-order valence-electron chi connectivity index (χ1n) is 8.03. The number of ether oxygens (including phenoxy) is 2. The van der Waals surface area contributed by atoms with Gasteiger partial charge in [0.15, 0.2) is 17.9 Å². The molecule has 2 heterocycles. The second-order valence-corrected chi connectivity index (χ2v) is 5.74. The van der Waals surface area contributed by atoms with E-state index in [1.165, 1.54) is 6.07 Å². The summed E-state index contributed by atoms with van der Waals surface area (Å²) in [5.74, 6) is -1.93. The Morgan fingerprint density at radius 3 is 2.75 bits per heavy atom. The molecular weight excluding hydrogens is 322 g/mol. The largest absolute Gasteiger partial charge is 0.394 e. The smallest absolute Gasteiger partial charge is 0.207 e. The first-order chi connectivity index (χ1) is 11.7. The standard InChI is InChI=1S/C16H20F2N2O4/c1-2-3-4-9(8-21)19-15-11-7-10(16-22-5-6-23-16)12(17)13(18)14(11)24-20-15/h7,9,16,21H,2-6,8H2,1H3,(H,19,20). The fourth-order valence-corrected chi connectivity index (χ4v) is 2.70. The van der Waals surface area contributed by atoms with E-state index in [1.54, 1.807) is 0 Å². The second-order valence-electron chi connectivity index (χ2n) is 5.74. The zero-order valence-electron chi connectivity index (χ0n) is 13.3. The van der Waals surface area contributed by atoms with Gasteiger partial charge < -0.3 is 24.4 Å². The molecule has 0 radical (unpaired) electrons. The fourth-order valence-electron chi connectivity index (χ4n) is 2.70. The molecule has 1 aliphatic rings. The first-order valence-corrected chi connectivity index (χ1v) is 8.03. The zero-order chi connectivity index (χ0) is 17.1. The number of aliphatic hydroxyl groups excluding tert-OH is 1. The molecule has 0 amide bonds. The molecule has 8 heteroatoms. The Bertz CT molecular complexity index is 701. The van der Waals surface area contributed by atoms with Crippen LogP contribution in [0, 0.1) is 11.6 Å². The molecule has 1 atom stereocenters. The van der Waals surface area contributed by atoms with Crippen molar-refractivity contribution in [2.24, 2.45) is 0 Å². The predicted octanol–water partition coefficient (Wildman–Crippen LogP) is 3.11. The molecule has 1 aliphatic heterocycles. The molecule has 1 unspecified atom stereocenters. The fraction of sp³-hybridized carbons (Fsp3) is 0.562. The van der Waals surface area contributed by atoms with E-state index in [4.69, 9.17) is 14.0 Å². The van der Waals surface area contributed by atoms with E-state index < -0.39 is 17.9 Å². The van der Waals surface area contributed by atoms with Crippen molar-refractivity contribution in [2.45, 2.75) is 38.5 Å². The van der Waals surface area contributed by atoms with Gasteiger partial charge in [-0.1, -0.05) is 24.9 Å². The van der Waals surface area contributed by atoms with E-state index in [0.29, 0.717) is 13.2 Å². The number of nitrogens with one attached hydrogen (secondary N) is 1. The monoisotopic (exact) mass is 342 g/mol. The molecule has 6 nitrogen and oxygen atoms in total. The number of anilines is 1. The van der Waals surface area contributed by atoms with Crippen molar-refractivity contribution in [1.82, 2.24) is 5.16 Å². The summed E-state index contributed by atoms with van der Waals surface area (Å²) in [4.78, 5) is 0. The zero-order valence-corrected chi connectivity index (χ0v) is 13.3. The molecule has 0 bridgehead atoms. The van der Waals surface area contributed by atoms with Crippen molar-refractivity contribution in [2.75, 3.05) is 25.1 Å². The van der Waals surface area contributed by atoms with Crippen LogP contribution in [0.1, 0.15) is 38.0 Å². The van der Waals surface area contributed by atoms with Crippen LogP contribution < -0.4 is 5.32 Å². The van der Waals surface area contributed by atoms with Gasteiger partial charge in [0, 0.05) is 5.56 Å². The van der Waals surface area contributed by atoms with E-state index in [2.05, 4.69) is 10.5 Å². The molecule has 0 saturated carbocycles. The van der Waals surface area contributed by atoms with Crippen LogP contribution in [0.25, 0.3) is 11.0 Å². The number of benzene rings is 1. The van der Waals surface area contributed by atoms with Gasteiger partial charge in [-0.15, -0.1) is 0 Å². The molecule has 1 saturated heterocycles. The van der Waals surface area contributed by atoms with Crippen LogP contribution in [-0.4, -0.2) is 36.1 Å². The summed E-state index contributed by atoms with van der Waals surface area (Å²) in [6.45, 7) is 2.59. The SMILES string of the molecule is CCCCC(CO)Nc1noc2c(F)c(F)c(C3OCCO3)cc12. The third-order valence-corrected chi connectivity index (χ3v) is 4.02. The molecule has 1 fully saturated rings. The lowest BCUT2D eigenvalue weighted by Gasteiger charge is -2.15. The lowest BCUT2D eigenvalue weighted by atomic mass is 10.1. The number of unbranched alkanes of at least 4 members (excludes halogenated alkanes) is 1. The highest BCUT2D eigenvalue weighted by Gasteiger charge is 2.28. The molecule has 2 aromatic rings. The number of aliphatic hydroxyl groups is 1. The number of rotatable bonds is 7. The van der Waals surface area contributed by atoms with E-state index in [0.717, 1.165) is 19.3 Å². The van der Waals surface area contributed by atoms with E-state index in [9.17, 15) is 13.9 Å². The Hall–Kier alpha value is -1.77. The van der Waals surface area contributed by atoms with Crippen molar-refractivity contribution in [1.29, 1.82) is 0 Å². The van der Waals surface area contributed by atoms with Crippen LogP contribution in [0.2, 0.25) is 0 Å². The van der Waals surface area contributed by atoms with Gasteiger partial charge in [0.25, 0.3) is 0 Å². The number of aromatic nitrogens is 1. The van der Waals surface area contributed by atoms with Gasteiger partial charge >= 0.3 is 0 Å². The maximum atomic E-state index is 14.3. The highest BCUT2D eigenvalue weighted by molar-refractivity contribution is 5.89. The minimum Gasteiger partial charge on any atom is -0.394 e. The van der Waals surface area contributed by atoms with Crippen LogP contribution >= 0.6 is 0 Å². The highest BCUT2D eigenvalue weighted by Crippen LogP contribution is 2.34. The Labute approximate surface area is 137 Å². The Morgan fingerprint density at radius 1 is 1.33 bits per heavy atom. The number of hydrogen-bond acceptors (Lipinski definition) is 6. The molecule has 1 aromatic carbocycles. The quantitative estimate of drug-likeness (QED) is 0.805. The highest BCUT2D eigenvalue weighted by atomic mass is 19.2. The second kappa shape index (κ2) is 7.42. The average Bonchev–Trinajstić information content (AvgIpc) is 3.24. The van der Waals surface area contributed by atoms with Crippen molar-refractivity contribution < 1.29 is 27.9 Å². The normalized spacial score (nSPS) is 16.8. The van der Waals surface area contributed by atoms with Gasteiger partial charge in [-0.05, 0) is 12.5 Å². The minimum absolute atomic E-state index is 0.0298. The van der Waals surface area contributed by atoms with E-state index in [1.807, 2.05) is 6.92 Å². The summed E-state index contributed by atoms with van der Waals surface area (Å²) in [6, 6.07) is 1.17. The molecule has 1 aromatic heterocycles. The molecule has 0 spiro atoms. The molecule has 3 rings (SSSR count). The Morgan fingerprint density at radius 2 is 2.08 bits per heavy atom. The van der Waals surface area contributed by atoms with Crippen molar-refractivity contribution in [3.63, 3.8) is 0 Å². The molecular formula is C16H20F2N2O4.